The molecular formula is C27H38N4O5S. The zero-order valence-corrected chi connectivity index (χ0v) is 23.6. The fourth-order valence-electron chi connectivity index (χ4n) is 3.74. The van der Waals surface area contributed by atoms with E-state index in [2.05, 4.69) is 53.7 Å². The van der Waals surface area contributed by atoms with Gasteiger partial charge in [0.05, 0.1) is 18.4 Å². The van der Waals surface area contributed by atoms with Crippen molar-refractivity contribution in [1.29, 1.82) is 0 Å². The Kier molecular flexibility index (Phi) is 11.1. The third kappa shape index (κ3) is 7.61. The molecule has 1 heterocycles. The van der Waals surface area contributed by atoms with Crippen LogP contribution in [0.2, 0.25) is 0 Å². The number of nitrogens with zero attached hydrogens (tertiary/aromatic N) is 4. The third-order valence-corrected chi connectivity index (χ3v) is 6.60. The number of methoxy groups -OCH3 is 3. The number of benzene rings is 2. The highest BCUT2D eigenvalue weighted by Gasteiger charge is 2.23. The van der Waals surface area contributed by atoms with Crippen LogP contribution in [0.1, 0.15) is 31.7 Å². The van der Waals surface area contributed by atoms with Gasteiger partial charge in [0.15, 0.2) is 24.6 Å². The van der Waals surface area contributed by atoms with E-state index in [1.807, 2.05) is 30.3 Å². The molecule has 0 amide bonds. The Balaban J connectivity index is 2.14. The van der Waals surface area contributed by atoms with Crippen molar-refractivity contribution in [3.63, 3.8) is 0 Å². The highest BCUT2D eigenvalue weighted by Crippen LogP contribution is 2.40. The molecule has 0 spiro atoms. The van der Waals surface area contributed by atoms with Gasteiger partial charge in [0.2, 0.25) is 0 Å². The highest BCUT2D eigenvalue weighted by molar-refractivity contribution is 7.99. The lowest BCUT2D eigenvalue weighted by atomic mass is 9.98. The quantitative estimate of drug-likeness (QED) is 0.152. The van der Waals surface area contributed by atoms with Gasteiger partial charge in [-0.1, -0.05) is 25.6 Å². The molecule has 0 fully saturated rings. The molecule has 37 heavy (non-hydrogen) atoms. The second kappa shape index (κ2) is 14.2. The van der Waals surface area contributed by atoms with E-state index >= 15 is 0 Å². The van der Waals surface area contributed by atoms with Gasteiger partial charge in [0.25, 0.3) is 0 Å². The smallest absolute Gasteiger partial charge is 0.196 e. The molecule has 0 atom stereocenters. The van der Waals surface area contributed by atoms with Crippen molar-refractivity contribution >= 4 is 11.8 Å². The summed E-state index contributed by atoms with van der Waals surface area (Å²) in [5.41, 5.74) is 2.75. The lowest BCUT2D eigenvalue weighted by Crippen LogP contribution is -2.13. The highest BCUT2D eigenvalue weighted by atomic mass is 32.2. The SMILES string of the molecule is COCOc1cc(OCOC)c(C(C)C)cc1-c1nnc(SCCCN(C)C)n1-c1ccc(OC)cc1. The Bertz CT molecular complexity index is 1120. The molecule has 0 aliphatic carbocycles. The summed E-state index contributed by atoms with van der Waals surface area (Å²) in [6.45, 7) is 5.47. The van der Waals surface area contributed by atoms with Crippen molar-refractivity contribution in [1.82, 2.24) is 19.7 Å². The molecule has 9 nitrogen and oxygen atoms in total. The van der Waals surface area contributed by atoms with Gasteiger partial charge in [-0.25, -0.2) is 0 Å². The van der Waals surface area contributed by atoms with Crippen molar-refractivity contribution in [2.24, 2.45) is 0 Å². The molecule has 0 N–H and O–H groups in total. The van der Waals surface area contributed by atoms with Crippen molar-refractivity contribution in [2.45, 2.75) is 31.3 Å². The number of hydrogen-bond acceptors (Lipinski definition) is 9. The van der Waals surface area contributed by atoms with Gasteiger partial charge in [0, 0.05) is 26.0 Å². The van der Waals surface area contributed by atoms with E-state index in [9.17, 15) is 0 Å². The number of rotatable bonds is 15. The maximum Gasteiger partial charge on any atom is 0.196 e. The van der Waals surface area contributed by atoms with E-state index in [-0.39, 0.29) is 19.5 Å². The van der Waals surface area contributed by atoms with Gasteiger partial charge in [0.1, 0.15) is 17.2 Å². The summed E-state index contributed by atoms with van der Waals surface area (Å²) in [5, 5.41) is 10.0. The Morgan fingerprint density at radius 2 is 1.59 bits per heavy atom. The standard InChI is InChI=1S/C27H38N4O5S/c1-19(2)22-15-23(25(36-18-33-6)16-24(22)35-17-32-5)26-28-29-27(37-14-8-13-30(3)4)31(26)20-9-11-21(34-7)12-10-20/h9-12,15-16,19H,8,13-14,17-18H2,1-7H3. The molecule has 10 heteroatoms. The summed E-state index contributed by atoms with van der Waals surface area (Å²) in [5.74, 6) is 3.85. The average molecular weight is 531 g/mol. The first kappa shape index (κ1) is 28.8. The number of aromatic nitrogens is 3. The van der Waals surface area contributed by atoms with Crippen molar-refractivity contribution in [3.05, 3.63) is 42.0 Å². The average Bonchev–Trinajstić information content (AvgIpc) is 3.31. The Labute approximate surface area is 224 Å². The van der Waals surface area contributed by atoms with Crippen molar-refractivity contribution < 1.29 is 23.7 Å². The van der Waals surface area contributed by atoms with Crippen LogP contribution in [0.15, 0.2) is 41.6 Å². The predicted octanol–water partition coefficient (Wildman–Crippen LogP) is 5.08. The lowest BCUT2D eigenvalue weighted by Gasteiger charge is -2.19. The van der Waals surface area contributed by atoms with E-state index in [0.29, 0.717) is 17.3 Å². The second-order valence-corrected chi connectivity index (χ2v) is 10.0. The number of thioether (sulfide) groups is 1. The molecule has 3 aromatic rings. The summed E-state index contributed by atoms with van der Waals surface area (Å²) in [4.78, 5) is 2.18. The zero-order valence-electron chi connectivity index (χ0n) is 22.8. The largest absolute Gasteiger partial charge is 0.497 e. The summed E-state index contributed by atoms with van der Waals surface area (Å²) in [6.07, 6.45) is 1.04. The molecule has 202 valence electrons. The minimum absolute atomic E-state index is 0.0839. The predicted molar refractivity (Wildman–Crippen MR) is 146 cm³/mol. The Hall–Kier alpha value is -2.79. The first-order chi connectivity index (χ1) is 17.9. The molecule has 0 aliphatic rings. The maximum absolute atomic E-state index is 6.00. The minimum Gasteiger partial charge on any atom is -0.497 e. The molecule has 0 radical (unpaired) electrons. The number of hydrogen-bond donors (Lipinski definition) is 0. The first-order valence-electron chi connectivity index (χ1n) is 12.2. The summed E-state index contributed by atoms with van der Waals surface area (Å²) in [7, 11) is 9.01. The van der Waals surface area contributed by atoms with Gasteiger partial charge in [-0.05, 0) is 68.9 Å². The zero-order chi connectivity index (χ0) is 26.8. The van der Waals surface area contributed by atoms with Crippen LogP contribution in [0.4, 0.5) is 0 Å². The van der Waals surface area contributed by atoms with Crippen LogP contribution in [0, 0.1) is 0 Å². The fraction of sp³-hybridized carbons (Fsp3) is 0.481. The topological polar surface area (TPSA) is 80.1 Å². The normalized spacial score (nSPS) is 11.4. The van der Waals surface area contributed by atoms with Crippen LogP contribution in [0.3, 0.4) is 0 Å². The van der Waals surface area contributed by atoms with E-state index in [4.69, 9.17) is 23.7 Å². The number of ether oxygens (including phenoxy) is 5. The summed E-state index contributed by atoms with van der Waals surface area (Å²) >= 11 is 1.68. The molecule has 0 bridgehead atoms. The van der Waals surface area contributed by atoms with Crippen LogP contribution < -0.4 is 14.2 Å². The van der Waals surface area contributed by atoms with Crippen LogP contribution in [0.5, 0.6) is 17.2 Å². The molecule has 1 aromatic heterocycles. The van der Waals surface area contributed by atoms with Gasteiger partial charge < -0.3 is 28.6 Å². The molecular weight excluding hydrogens is 492 g/mol. The van der Waals surface area contributed by atoms with Crippen LogP contribution in [-0.4, -0.2) is 81.0 Å². The van der Waals surface area contributed by atoms with Gasteiger partial charge in [-0.15, -0.1) is 10.2 Å². The van der Waals surface area contributed by atoms with Gasteiger partial charge >= 0.3 is 0 Å². The maximum atomic E-state index is 6.00. The minimum atomic E-state index is 0.0839. The van der Waals surface area contributed by atoms with Crippen molar-refractivity contribution in [3.8, 4) is 34.3 Å². The molecule has 0 saturated heterocycles. The monoisotopic (exact) mass is 530 g/mol. The second-order valence-electron chi connectivity index (χ2n) is 8.99. The molecule has 0 aliphatic heterocycles. The Morgan fingerprint density at radius 1 is 0.919 bits per heavy atom. The first-order valence-corrected chi connectivity index (χ1v) is 13.2. The molecule has 2 aromatic carbocycles. The van der Waals surface area contributed by atoms with E-state index in [1.165, 1.54) is 0 Å². The summed E-state index contributed by atoms with van der Waals surface area (Å²) < 4.78 is 29.7. The Morgan fingerprint density at radius 3 is 2.19 bits per heavy atom. The molecule has 0 unspecified atom stereocenters. The van der Waals surface area contributed by atoms with Crippen molar-refractivity contribution in [2.75, 3.05) is 61.3 Å². The van der Waals surface area contributed by atoms with E-state index in [1.54, 1.807) is 33.1 Å². The van der Waals surface area contributed by atoms with Gasteiger partial charge in [-0.3, -0.25) is 4.57 Å². The summed E-state index contributed by atoms with van der Waals surface area (Å²) in [6, 6.07) is 11.8. The molecule has 3 rings (SSSR count). The van der Waals surface area contributed by atoms with E-state index in [0.717, 1.165) is 46.4 Å². The van der Waals surface area contributed by atoms with Crippen LogP contribution in [-0.2, 0) is 9.47 Å². The lowest BCUT2D eigenvalue weighted by molar-refractivity contribution is 0.0457. The van der Waals surface area contributed by atoms with Gasteiger partial charge in [-0.2, -0.15) is 0 Å². The molecule has 0 saturated carbocycles. The van der Waals surface area contributed by atoms with Crippen LogP contribution in [0.25, 0.3) is 17.1 Å². The fourth-order valence-corrected chi connectivity index (χ4v) is 4.61. The van der Waals surface area contributed by atoms with Crippen LogP contribution >= 0.6 is 11.8 Å². The third-order valence-electron chi connectivity index (χ3n) is 5.58. The van der Waals surface area contributed by atoms with E-state index < -0.39 is 0 Å².